The quantitative estimate of drug-likeness (QED) is 0.794. The average Bonchev–Trinajstić information content (AvgIpc) is 3.19. The molecule has 5 nitrogen and oxygen atoms in total. The Kier molecular flexibility index (Phi) is 5.36. The van der Waals surface area contributed by atoms with Crippen LogP contribution in [0, 0.1) is 5.92 Å². The van der Waals surface area contributed by atoms with Crippen LogP contribution in [-0.2, 0) is 23.4 Å². The average molecular weight is 392 g/mol. The molecule has 1 N–H and O–H groups in total. The Morgan fingerprint density at radius 1 is 1.35 bits per heavy atom. The molecule has 2 aliphatic rings. The first-order chi connectivity index (χ1) is 12.6. The van der Waals surface area contributed by atoms with Crippen LogP contribution in [-0.4, -0.2) is 39.6 Å². The molecule has 3 heterocycles. The maximum Gasteiger partial charge on any atom is 0.259 e. The number of rotatable bonds is 5. The fourth-order valence-corrected chi connectivity index (χ4v) is 5.93. The Balaban J connectivity index is 1.31. The van der Waals surface area contributed by atoms with Gasteiger partial charge in [-0.3, -0.25) is 9.59 Å². The number of hydrogen-bond donors (Lipinski definition) is 1. The van der Waals surface area contributed by atoms with Crippen LogP contribution in [0.2, 0.25) is 0 Å². The van der Waals surface area contributed by atoms with Crippen molar-refractivity contribution in [1.82, 2.24) is 14.9 Å². The maximum atomic E-state index is 12.4. The van der Waals surface area contributed by atoms with Crippen LogP contribution in [0.3, 0.4) is 0 Å². The zero-order chi connectivity index (χ0) is 18.1. The summed E-state index contributed by atoms with van der Waals surface area (Å²) in [6.07, 6.45) is 6.05. The highest BCUT2D eigenvalue weighted by Gasteiger charge is 2.22. The van der Waals surface area contributed by atoms with Crippen molar-refractivity contribution < 1.29 is 4.79 Å². The minimum absolute atomic E-state index is 0.00325. The molecule has 1 aliphatic carbocycles. The van der Waals surface area contributed by atoms with E-state index in [4.69, 9.17) is 0 Å². The van der Waals surface area contributed by atoms with Gasteiger partial charge in [0.05, 0.1) is 11.1 Å². The molecule has 26 heavy (non-hydrogen) atoms. The van der Waals surface area contributed by atoms with Gasteiger partial charge in [-0.2, -0.15) is 11.8 Å². The third-order valence-corrected chi connectivity index (χ3v) is 7.62. The van der Waals surface area contributed by atoms with Crippen LogP contribution >= 0.6 is 23.1 Å². The van der Waals surface area contributed by atoms with Gasteiger partial charge in [-0.15, -0.1) is 11.3 Å². The number of likely N-dealkylation sites (tertiary alicyclic amines) is 1. The number of aromatic nitrogens is 2. The highest BCUT2D eigenvalue weighted by Crippen LogP contribution is 2.34. The molecular weight excluding hydrogens is 366 g/mol. The van der Waals surface area contributed by atoms with Gasteiger partial charge < -0.3 is 9.88 Å². The number of nitrogens with zero attached hydrogens (tertiary/aromatic N) is 2. The number of carbonyl (C=O) groups excluding carboxylic acids is 1. The summed E-state index contributed by atoms with van der Waals surface area (Å²) < 4.78 is 0. The lowest BCUT2D eigenvalue weighted by Gasteiger charge is -2.30. The maximum absolute atomic E-state index is 12.4. The largest absolute Gasteiger partial charge is 0.343 e. The predicted molar refractivity (Wildman–Crippen MR) is 108 cm³/mol. The number of aryl methyl sites for hydroxylation is 2. The summed E-state index contributed by atoms with van der Waals surface area (Å²) in [4.78, 5) is 36.5. The van der Waals surface area contributed by atoms with Crippen LogP contribution in [0.25, 0.3) is 10.2 Å². The second kappa shape index (κ2) is 7.72. The summed E-state index contributed by atoms with van der Waals surface area (Å²) in [5, 5.41) is 0.811. The lowest BCUT2D eigenvalue weighted by Crippen LogP contribution is -2.38. The van der Waals surface area contributed by atoms with E-state index in [9.17, 15) is 9.59 Å². The molecule has 1 fully saturated rings. The van der Waals surface area contributed by atoms with Gasteiger partial charge >= 0.3 is 0 Å². The van der Waals surface area contributed by atoms with E-state index < -0.39 is 0 Å². The smallest absolute Gasteiger partial charge is 0.259 e. The van der Waals surface area contributed by atoms with E-state index in [1.165, 1.54) is 10.4 Å². The summed E-state index contributed by atoms with van der Waals surface area (Å²) >= 11 is 3.35. The summed E-state index contributed by atoms with van der Waals surface area (Å²) in [5.41, 5.74) is 1.22. The van der Waals surface area contributed by atoms with E-state index in [0.717, 1.165) is 72.9 Å². The molecule has 0 atom stereocenters. The zero-order valence-electron chi connectivity index (χ0n) is 15.2. The fraction of sp³-hybridized carbons (Fsp3) is 0.632. The molecule has 0 bridgehead atoms. The molecule has 4 rings (SSSR count). The number of carbonyl (C=O) groups is 1. The molecule has 1 amide bonds. The van der Waals surface area contributed by atoms with Gasteiger partial charge in [0, 0.05) is 30.1 Å². The lowest BCUT2D eigenvalue weighted by molar-refractivity contribution is -0.132. The first-order valence-electron chi connectivity index (χ1n) is 9.51. The Morgan fingerprint density at radius 2 is 2.15 bits per heavy atom. The number of piperidine rings is 1. The summed E-state index contributed by atoms with van der Waals surface area (Å²) in [6, 6.07) is 0. The molecular formula is C19H25N3O2S2. The van der Waals surface area contributed by atoms with Crippen molar-refractivity contribution in [3.8, 4) is 0 Å². The van der Waals surface area contributed by atoms with Gasteiger partial charge in [-0.05, 0) is 43.6 Å². The van der Waals surface area contributed by atoms with E-state index in [0.29, 0.717) is 12.2 Å². The molecule has 1 saturated heterocycles. The van der Waals surface area contributed by atoms with E-state index in [1.54, 1.807) is 23.1 Å². The third kappa shape index (κ3) is 3.69. The van der Waals surface area contributed by atoms with Crippen molar-refractivity contribution in [3.63, 3.8) is 0 Å². The highest BCUT2D eigenvalue weighted by molar-refractivity contribution is 7.98. The molecule has 1 aliphatic heterocycles. The number of hydrogen-bond acceptors (Lipinski definition) is 5. The topological polar surface area (TPSA) is 66.1 Å². The minimum Gasteiger partial charge on any atom is -0.343 e. The normalized spacial score (nSPS) is 17.8. The number of fused-ring (bicyclic) bond motifs is 3. The van der Waals surface area contributed by atoms with Crippen molar-refractivity contribution >= 4 is 39.2 Å². The van der Waals surface area contributed by atoms with Crippen LogP contribution < -0.4 is 5.56 Å². The molecule has 0 saturated carbocycles. The van der Waals surface area contributed by atoms with Gasteiger partial charge in [-0.1, -0.05) is 6.92 Å². The van der Waals surface area contributed by atoms with Crippen molar-refractivity contribution in [2.75, 3.05) is 18.8 Å². The fourth-order valence-electron chi connectivity index (χ4n) is 3.86. The Hall–Kier alpha value is -1.34. The second-order valence-corrected chi connectivity index (χ2v) is 9.60. The van der Waals surface area contributed by atoms with Crippen molar-refractivity contribution in [1.29, 1.82) is 0 Å². The lowest BCUT2D eigenvalue weighted by atomic mass is 9.99. The molecule has 0 aromatic carbocycles. The molecule has 7 heteroatoms. The van der Waals surface area contributed by atoms with Gasteiger partial charge in [0.2, 0.25) is 5.91 Å². The zero-order valence-corrected chi connectivity index (χ0v) is 16.8. The first kappa shape index (κ1) is 18.0. The van der Waals surface area contributed by atoms with Crippen molar-refractivity contribution in [3.05, 3.63) is 26.6 Å². The van der Waals surface area contributed by atoms with Crippen molar-refractivity contribution in [2.45, 2.75) is 51.2 Å². The molecule has 0 radical (unpaired) electrons. The molecule has 2 aromatic rings. The number of nitrogens with one attached hydrogen (secondary N) is 1. The summed E-state index contributed by atoms with van der Waals surface area (Å²) in [5.74, 6) is 3.15. The highest BCUT2D eigenvalue weighted by atomic mass is 32.2. The summed E-state index contributed by atoms with van der Waals surface area (Å²) in [7, 11) is 0. The summed E-state index contributed by atoms with van der Waals surface area (Å²) in [6.45, 7) is 4.06. The minimum atomic E-state index is 0.00325. The number of amides is 1. The second-order valence-electron chi connectivity index (χ2n) is 7.42. The Morgan fingerprint density at radius 3 is 2.96 bits per heavy atom. The molecule has 140 valence electrons. The van der Waals surface area contributed by atoms with Crippen LogP contribution in [0.5, 0.6) is 0 Å². The van der Waals surface area contributed by atoms with Gasteiger partial charge in [0.15, 0.2) is 0 Å². The van der Waals surface area contributed by atoms with E-state index >= 15 is 0 Å². The van der Waals surface area contributed by atoms with E-state index in [2.05, 4.69) is 16.9 Å². The number of H-pyrrole nitrogens is 1. The Bertz CT molecular complexity index is 866. The van der Waals surface area contributed by atoms with Crippen LogP contribution in [0.4, 0.5) is 0 Å². The van der Waals surface area contributed by atoms with Gasteiger partial charge in [-0.25, -0.2) is 4.98 Å². The number of thiophene rings is 1. The van der Waals surface area contributed by atoms with E-state index in [-0.39, 0.29) is 11.5 Å². The number of thioether (sulfide) groups is 1. The van der Waals surface area contributed by atoms with Gasteiger partial charge in [0.1, 0.15) is 10.7 Å². The molecule has 2 aromatic heterocycles. The first-order valence-corrected chi connectivity index (χ1v) is 11.5. The monoisotopic (exact) mass is 391 g/mol. The standard InChI is InChI=1S/C19H25N3O2S2/c1-12-5-8-22(9-6-12)16(23)7-10-25-11-15-20-18(24)17-13-3-2-4-14(13)26-19(17)21-15/h12H,2-11H2,1H3,(H,20,21,24). The SMILES string of the molecule is CC1CCN(C(=O)CCSCc2nc3sc4c(c3c(=O)[nH]2)CCC4)CC1. The van der Waals surface area contributed by atoms with Crippen molar-refractivity contribution in [2.24, 2.45) is 5.92 Å². The van der Waals surface area contributed by atoms with Crippen LogP contribution in [0.1, 0.15) is 48.9 Å². The molecule has 0 unspecified atom stereocenters. The van der Waals surface area contributed by atoms with Gasteiger partial charge in [0.25, 0.3) is 5.56 Å². The third-order valence-electron chi connectivity index (χ3n) is 5.46. The van der Waals surface area contributed by atoms with E-state index in [1.807, 2.05) is 4.90 Å². The molecule has 0 spiro atoms. The predicted octanol–water partition coefficient (Wildman–Crippen LogP) is 3.36. The van der Waals surface area contributed by atoms with Crippen LogP contribution in [0.15, 0.2) is 4.79 Å². The Labute approximate surface area is 161 Å². The number of aromatic amines is 1.